The molecule has 1 atom stereocenters. The van der Waals surface area contributed by atoms with E-state index in [2.05, 4.69) is 5.32 Å². The van der Waals surface area contributed by atoms with Crippen LogP contribution < -0.4 is 10.1 Å². The highest BCUT2D eigenvalue weighted by molar-refractivity contribution is 6.04. The number of nitrogens with one attached hydrogen (secondary N) is 1. The van der Waals surface area contributed by atoms with E-state index in [1.807, 2.05) is 24.3 Å². The van der Waals surface area contributed by atoms with Crippen LogP contribution in [0.4, 0.5) is 0 Å². The van der Waals surface area contributed by atoms with Gasteiger partial charge in [-0.25, -0.2) is 0 Å². The fourth-order valence-electron chi connectivity index (χ4n) is 2.38. The van der Waals surface area contributed by atoms with Gasteiger partial charge < -0.3 is 14.8 Å². The largest absolute Gasteiger partial charge is 0.497 e. The Kier molecular flexibility index (Phi) is 5.70. The second kappa shape index (κ2) is 7.73. The van der Waals surface area contributed by atoms with Gasteiger partial charge in [0.15, 0.2) is 0 Å². The Labute approximate surface area is 134 Å². The Balaban J connectivity index is 1.90. The number of carbonyl (C=O) groups excluding carboxylic acids is 3. The van der Waals surface area contributed by atoms with Crippen molar-refractivity contribution in [1.82, 2.24) is 10.2 Å². The Morgan fingerprint density at radius 1 is 1.26 bits per heavy atom. The number of hydrogen-bond acceptors (Lipinski definition) is 5. The van der Waals surface area contributed by atoms with Gasteiger partial charge >= 0.3 is 0 Å². The number of hydrogen-bond donors (Lipinski definition) is 1. The number of methoxy groups -OCH3 is 2. The lowest BCUT2D eigenvalue weighted by Crippen LogP contribution is -2.41. The van der Waals surface area contributed by atoms with Gasteiger partial charge in [-0.3, -0.25) is 19.3 Å². The van der Waals surface area contributed by atoms with Crippen molar-refractivity contribution in [3.05, 3.63) is 29.8 Å². The van der Waals surface area contributed by atoms with Gasteiger partial charge in [-0.2, -0.15) is 0 Å². The van der Waals surface area contributed by atoms with Crippen molar-refractivity contribution < 1.29 is 23.9 Å². The van der Waals surface area contributed by atoms with Crippen LogP contribution in [-0.4, -0.2) is 49.9 Å². The maximum Gasteiger partial charge on any atom is 0.240 e. The quantitative estimate of drug-likeness (QED) is 0.746. The summed E-state index contributed by atoms with van der Waals surface area (Å²) < 4.78 is 10.5. The fourth-order valence-corrected chi connectivity index (χ4v) is 2.38. The van der Waals surface area contributed by atoms with Crippen LogP contribution in [0, 0.1) is 0 Å². The molecule has 1 saturated heterocycles. The fraction of sp³-hybridized carbons (Fsp3) is 0.438. The minimum absolute atomic E-state index is 0.177. The number of likely N-dealkylation sites (tertiary alicyclic amines) is 1. The summed E-state index contributed by atoms with van der Waals surface area (Å²) in [4.78, 5) is 35.9. The van der Waals surface area contributed by atoms with E-state index in [9.17, 15) is 14.4 Å². The lowest BCUT2D eigenvalue weighted by atomic mass is 10.1. The normalized spacial score (nSPS) is 15.7. The molecule has 1 aromatic rings. The van der Waals surface area contributed by atoms with Gasteiger partial charge in [0.05, 0.1) is 13.2 Å². The third-order valence-electron chi connectivity index (χ3n) is 3.69. The summed E-state index contributed by atoms with van der Waals surface area (Å²) >= 11 is 0. The molecule has 2 rings (SSSR count). The molecule has 7 heteroatoms. The second-order valence-corrected chi connectivity index (χ2v) is 5.18. The maximum absolute atomic E-state index is 11.9. The predicted octanol–water partition coefficient (Wildman–Crippen LogP) is 0.648. The summed E-state index contributed by atoms with van der Waals surface area (Å²) in [5, 5.41) is 2.69. The molecule has 1 N–H and O–H groups in total. The molecule has 0 aliphatic carbocycles. The molecule has 124 valence electrons. The highest BCUT2D eigenvalue weighted by Gasteiger charge is 2.30. The molecule has 0 saturated carbocycles. The number of amides is 3. The molecule has 0 aromatic heterocycles. The van der Waals surface area contributed by atoms with E-state index in [4.69, 9.17) is 9.47 Å². The molecule has 0 bridgehead atoms. The standard InChI is InChI=1S/C16H20N2O5/c1-22-12-5-3-4-11(8-12)13(23-2)9-17-14(19)10-18-15(20)6-7-16(18)21/h3-5,8,13H,6-7,9-10H2,1-2H3,(H,17,19)/t13-/m0/s1. The summed E-state index contributed by atoms with van der Waals surface area (Å²) in [5.74, 6) is -0.301. The van der Waals surface area contributed by atoms with Gasteiger partial charge in [0, 0.05) is 26.5 Å². The zero-order valence-corrected chi connectivity index (χ0v) is 13.2. The van der Waals surface area contributed by atoms with Gasteiger partial charge in [0.1, 0.15) is 12.3 Å². The molecule has 1 aliphatic heterocycles. The molecule has 0 radical (unpaired) electrons. The first-order chi connectivity index (χ1) is 11.0. The third-order valence-corrected chi connectivity index (χ3v) is 3.69. The Morgan fingerprint density at radius 3 is 2.57 bits per heavy atom. The van der Waals surface area contributed by atoms with Crippen molar-refractivity contribution in [1.29, 1.82) is 0 Å². The molecule has 1 aromatic carbocycles. The summed E-state index contributed by atoms with van der Waals surface area (Å²) in [6, 6.07) is 7.35. The SMILES string of the molecule is COc1cccc([C@H](CNC(=O)CN2C(=O)CCC2=O)OC)c1. The third kappa shape index (κ3) is 4.29. The van der Waals surface area contributed by atoms with Crippen molar-refractivity contribution in [3.63, 3.8) is 0 Å². The second-order valence-electron chi connectivity index (χ2n) is 5.18. The van der Waals surface area contributed by atoms with Crippen molar-refractivity contribution in [2.75, 3.05) is 27.3 Å². The van der Waals surface area contributed by atoms with E-state index in [1.54, 1.807) is 14.2 Å². The molecule has 1 fully saturated rings. The van der Waals surface area contributed by atoms with Crippen LogP contribution in [0.3, 0.4) is 0 Å². The average molecular weight is 320 g/mol. The smallest absolute Gasteiger partial charge is 0.240 e. The van der Waals surface area contributed by atoms with E-state index in [1.165, 1.54) is 0 Å². The van der Waals surface area contributed by atoms with Crippen LogP contribution in [0.1, 0.15) is 24.5 Å². The highest BCUT2D eigenvalue weighted by Crippen LogP contribution is 2.21. The van der Waals surface area contributed by atoms with Crippen LogP contribution in [0.25, 0.3) is 0 Å². The Morgan fingerprint density at radius 2 is 1.96 bits per heavy atom. The Bertz CT molecular complexity index is 586. The first kappa shape index (κ1) is 17.0. The minimum Gasteiger partial charge on any atom is -0.497 e. The van der Waals surface area contributed by atoms with Gasteiger partial charge in [0.25, 0.3) is 0 Å². The number of imide groups is 1. The van der Waals surface area contributed by atoms with E-state index in [0.29, 0.717) is 5.75 Å². The number of rotatable bonds is 7. The van der Waals surface area contributed by atoms with E-state index < -0.39 is 5.91 Å². The number of carbonyl (C=O) groups is 3. The van der Waals surface area contributed by atoms with E-state index in [-0.39, 0.29) is 43.8 Å². The summed E-state index contributed by atoms with van der Waals surface area (Å²) in [7, 11) is 3.12. The molecular weight excluding hydrogens is 300 g/mol. The van der Waals surface area contributed by atoms with Gasteiger partial charge in [-0.15, -0.1) is 0 Å². The average Bonchev–Trinajstić information content (AvgIpc) is 2.87. The van der Waals surface area contributed by atoms with Crippen molar-refractivity contribution in [2.45, 2.75) is 18.9 Å². The van der Waals surface area contributed by atoms with Crippen molar-refractivity contribution in [3.8, 4) is 5.75 Å². The summed E-state index contributed by atoms with van der Waals surface area (Å²) in [5.41, 5.74) is 0.862. The molecule has 23 heavy (non-hydrogen) atoms. The number of benzene rings is 1. The number of ether oxygens (including phenoxy) is 2. The van der Waals surface area contributed by atoms with Gasteiger partial charge in [0.2, 0.25) is 17.7 Å². The van der Waals surface area contributed by atoms with E-state index in [0.717, 1.165) is 10.5 Å². The van der Waals surface area contributed by atoms with Crippen LogP contribution >= 0.6 is 0 Å². The monoisotopic (exact) mass is 320 g/mol. The maximum atomic E-state index is 11.9. The molecule has 3 amide bonds. The molecule has 1 aliphatic rings. The predicted molar refractivity (Wildman–Crippen MR) is 81.7 cm³/mol. The summed E-state index contributed by atoms with van der Waals surface area (Å²) in [6.07, 6.45) is 0.00628. The van der Waals surface area contributed by atoms with Crippen LogP contribution in [0.5, 0.6) is 5.75 Å². The van der Waals surface area contributed by atoms with Gasteiger partial charge in [-0.1, -0.05) is 12.1 Å². The first-order valence-electron chi connectivity index (χ1n) is 7.31. The van der Waals surface area contributed by atoms with Gasteiger partial charge in [-0.05, 0) is 17.7 Å². The molecule has 7 nitrogen and oxygen atoms in total. The topological polar surface area (TPSA) is 84.9 Å². The van der Waals surface area contributed by atoms with Crippen molar-refractivity contribution >= 4 is 17.7 Å². The van der Waals surface area contributed by atoms with Crippen LogP contribution in [0.2, 0.25) is 0 Å². The van der Waals surface area contributed by atoms with Crippen molar-refractivity contribution in [2.24, 2.45) is 0 Å². The lowest BCUT2D eigenvalue weighted by Gasteiger charge is -2.18. The Hall–Kier alpha value is -2.41. The molecule has 0 unspecified atom stereocenters. The van der Waals surface area contributed by atoms with E-state index >= 15 is 0 Å². The minimum atomic E-state index is -0.390. The molecule has 1 heterocycles. The molecular formula is C16H20N2O5. The summed E-state index contributed by atoms with van der Waals surface area (Å²) in [6.45, 7) is -0.00899. The van der Waals surface area contributed by atoms with Crippen LogP contribution in [-0.2, 0) is 19.1 Å². The zero-order valence-electron chi connectivity index (χ0n) is 13.2. The highest BCUT2D eigenvalue weighted by atomic mass is 16.5. The van der Waals surface area contributed by atoms with Crippen LogP contribution in [0.15, 0.2) is 24.3 Å². The number of nitrogens with zero attached hydrogens (tertiary/aromatic N) is 1. The molecule has 0 spiro atoms. The lowest BCUT2D eigenvalue weighted by molar-refractivity contribution is -0.142. The first-order valence-corrected chi connectivity index (χ1v) is 7.31. The zero-order chi connectivity index (χ0) is 16.8.